The van der Waals surface area contributed by atoms with Crippen LogP contribution in [0.1, 0.15) is 36.2 Å². The van der Waals surface area contributed by atoms with Crippen LogP contribution in [0.4, 0.5) is 30.7 Å². The molecule has 1 heterocycles. The van der Waals surface area contributed by atoms with Gasteiger partial charge in [0.25, 0.3) is 0 Å². The zero-order valence-electron chi connectivity index (χ0n) is 16.9. The number of imidazole rings is 1. The largest absolute Gasteiger partial charge is 0.418 e. The summed E-state index contributed by atoms with van der Waals surface area (Å²) in [5, 5.41) is 0. The van der Waals surface area contributed by atoms with Crippen molar-refractivity contribution < 1.29 is 30.7 Å². The lowest BCUT2D eigenvalue weighted by molar-refractivity contribution is -0.137. The standard InChI is InChI=1S/C23H17F7N2.ClH/c24-15-8-5-13(6-9-15)7-10-20-31-19-12-14(11-18(21(19)32-20)23(28,29)30)16-3-1-2-4-17(16)22(25,26)27;/h1-4,7-8,10-13H,5-6,9H2,(H,31,32);1H/b10-7+;. The quantitative estimate of drug-likeness (QED) is 0.367. The van der Waals surface area contributed by atoms with Crippen LogP contribution in [-0.2, 0) is 12.4 Å². The maximum absolute atomic E-state index is 13.7. The van der Waals surface area contributed by atoms with Gasteiger partial charge in [0.05, 0.1) is 28.0 Å². The molecule has 1 N–H and O–H groups in total. The summed E-state index contributed by atoms with van der Waals surface area (Å²) in [5.74, 6) is -0.0133. The molecule has 10 heteroatoms. The summed E-state index contributed by atoms with van der Waals surface area (Å²) in [6.07, 6.45) is -3.43. The first kappa shape index (κ1) is 24.8. The van der Waals surface area contributed by atoms with E-state index in [0.29, 0.717) is 25.3 Å². The molecule has 1 aliphatic carbocycles. The van der Waals surface area contributed by atoms with Crippen LogP contribution in [0.3, 0.4) is 0 Å². The lowest BCUT2D eigenvalue weighted by Gasteiger charge is -2.15. The topological polar surface area (TPSA) is 28.7 Å². The first-order chi connectivity index (χ1) is 15.0. The highest BCUT2D eigenvalue weighted by molar-refractivity contribution is 5.87. The molecule has 0 saturated carbocycles. The van der Waals surface area contributed by atoms with Crippen LogP contribution in [-0.4, -0.2) is 9.97 Å². The van der Waals surface area contributed by atoms with Crippen LogP contribution >= 0.6 is 12.4 Å². The average Bonchev–Trinajstić information content (AvgIpc) is 3.14. The zero-order valence-corrected chi connectivity index (χ0v) is 17.7. The molecular formula is C23H18ClF7N2. The number of aromatic nitrogens is 2. The van der Waals surface area contributed by atoms with Crippen LogP contribution in [0.15, 0.2) is 54.4 Å². The first-order valence-corrected chi connectivity index (χ1v) is 9.82. The number of benzene rings is 2. The Labute approximate surface area is 190 Å². The smallest absolute Gasteiger partial charge is 0.338 e. The molecule has 2 nitrogen and oxygen atoms in total. The normalized spacial score (nSPS) is 17.3. The van der Waals surface area contributed by atoms with Crippen LogP contribution in [0.5, 0.6) is 0 Å². The third-order valence-electron chi connectivity index (χ3n) is 5.38. The molecule has 1 unspecified atom stereocenters. The Hall–Kier alpha value is -2.81. The summed E-state index contributed by atoms with van der Waals surface area (Å²) >= 11 is 0. The second kappa shape index (κ2) is 9.21. The van der Waals surface area contributed by atoms with Crippen molar-refractivity contribution in [2.75, 3.05) is 0 Å². The SMILES string of the molecule is Cl.FC1=CCC(/C=C/c2nc3cc(-c4ccccc4C(F)(F)F)cc(C(F)(F)F)c3[nH]2)CC1. The molecule has 1 aromatic heterocycles. The van der Waals surface area contributed by atoms with Gasteiger partial charge in [0.15, 0.2) is 0 Å². The molecule has 4 rings (SSSR count). The van der Waals surface area contributed by atoms with Gasteiger partial charge in [0, 0.05) is 0 Å². The van der Waals surface area contributed by atoms with Gasteiger partial charge in [0.2, 0.25) is 0 Å². The van der Waals surface area contributed by atoms with Crippen molar-refractivity contribution in [3.63, 3.8) is 0 Å². The van der Waals surface area contributed by atoms with Gasteiger partial charge in [-0.3, -0.25) is 0 Å². The second-order valence-electron chi connectivity index (χ2n) is 7.63. The van der Waals surface area contributed by atoms with E-state index in [-0.39, 0.29) is 52.1 Å². The highest BCUT2D eigenvalue weighted by Crippen LogP contribution is 2.41. The number of fused-ring (bicyclic) bond motifs is 1. The fraction of sp³-hybridized carbons (Fsp3) is 0.261. The summed E-state index contributed by atoms with van der Waals surface area (Å²) in [5.41, 5.74) is -3.12. The number of hydrogen-bond acceptors (Lipinski definition) is 1. The maximum atomic E-state index is 13.7. The fourth-order valence-electron chi connectivity index (χ4n) is 3.80. The van der Waals surface area contributed by atoms with E-state index in [1.54, 1.807) is 6.08 Å². The number of H-pyrrole nitrogens is 1. The van der Waals surface area contributed by atoms with Gasteiger partial charge in [-0.25, -0.2) is 9.37 Å². The molecular weight excluding hydrogens is 473 g/mol. The predicted molar refractivity (Wildman–Crippen MR) is 114 cm³/mol. The Morgan fingerprint density at radius 3 is 2.30 bits per heavy atom. The van der Waals surface area contributed by atoms with Crippen LogP contribution in [0.2, 0.25) is 0 Å². The van der Waals surface area contributed by atoms with E-state index >= 15 is 0 Å². The average molecular weight is 491 g/mol. The van der Waals surface area contributed by atoms with E-state index in [0.717, 1.165) is 12.1 Å². The number of nitrogens with zero attached hydrogens (tertiary/aromatic N) is 1. The predicted octanol–water partition coefficient (Wildman–Crippen LogP) is 8.36. The summed E-state index contributed by atoms with van der Waals surface area (Å²) in [4.78, 5) is 6.76. The van der Waals surface area contributed by atoms with Crippen molar-refractivity contribution in [1.29, 1.82) is 0 Å². The van der Waals surface area contributed by atoms with Crippen molar-refractivity contribution in [3.05, 3.63) is 71.3 Å². The maximum Gasteiger partial charge on any atom is 0.418 e. The zero-order chi connectivity index (χ0) is 23.1. The van der Waals surface area contributed by atoms with E-state index in [9.17, 15) is 30.7 Å². The van der Waals surface area contributed by atoms with E-state index in [2.05, 4.69) is 9.97 Å². The van der Waals surface area contributed by atoms with Crippen LogP contribution in [0, 0.1) is 5.92 Å². The molecule has 0 bridgehead atoms. The van der Waals surface area contributed by atoms with Crippen molar-refractivity contribution in [2.24, 2.45) is 5.92 Å². The Kier molecular flexibility index (Phi) is 6.93. The van der Waals surface area contributed by atoms with E-state index in [1.807, 2.05) is 0 Å². The number of aromatic amines is 1. The number of hydrogen-bond donors (Lipinski definition) is 1. The fourth-order valence-corrected chi connectivity index (χ4v) is 3.80. The Morgan fingerprint density at radius 1 is 0.970 bits per heavy atom. The van der Waals surface area contributed by atoms with Crippen molar-refractivity contribution in [1.82, 2.24) is 9.97 Å². The minimum atomic E-state index is -4.80. The van der Waals surface area contributed by atoms with Crippen LogP contribution in [0.25, 0.3) is 28.2 Å². The van der Waals surface area contributed by atoms with Gasteiger partial charge in [-0.15, -0.1) is 12.4 Å². The minimum absolute atomic E-state index is 0. The molecule has 33 heavy (non-hydrogen) atoms. The molecule has 0 fully saturated rings. The van der Waals surface area contributed by atoms with Gasteiger partial charge >= 0.3 is 12.4 Å². The number of nitrogens with one attached hydrogen (secondary N) is 1. The van der Waals surface area contributed by atoms with E-state index in [4.69, 9.17) is 0 Å². The Morgan fingerprint density at radius 2 is 1.67 bits per heavy atom. The third kappa shape index (κ3) is 5.40. The van der Waals surface area contributed by atoms with E-state index in [1.165, 1.54) is 30.4 Å². The number of allylic oxidation sites excluding steroid dienone is 3. The Balaban J connectivity index is 0.00000306. The molecule has 0 aliphatic heterocycles. The summed E-state index contributed by atoms with van der Waals surface area (Å²) in [6, 6.07) is 6.39. The summed E-state index contributed by atoms with van der Waals surface area (Å²) < 4.78 is 94.6. The molecule has 176 valence electrons. The molecule has 3 aromatic rings. The summed E-state index contributed by atoms with van der Waals surface area (Å²) in [7, 11) is 0. The molecule has 2 aromatic carbocycles. The third-order valence-corrected chi connectivity index (χ3v) is 5.38. The van der Waals surface area contributed by atoms with Gasteiger partial charge < -0.3 is 4.98 Å². The Bertz CT molecular complexity index is 1210. The number of rotatable bonds is 3. The van der Waals surface area contributed by atoms with Crippen molar-refractivity contribution in [2.45, 2.75) is 31.6 Å². The minimum Gasteiger partial charge on any atom is -0.338 e. The highest BCUT2D eigenvalue weighted by atomic mass is 35.5. The number of alkyl halides is 6. The van der Waals surface area contributed by atoms with Crippen LogP contribution < -0.4 is 0 Å². The molecule has 0 spiro atoms. The highest BCUT2D eigenvalue weighted by Gasteiger charge is 2.36. The molecule has 0 amide bonds. The first-order valence-electron chi connectivity index (χ1n) is 9.82. The molecule has 1 aliphatic rings. The molecule has 0 radical (unpaired) electrons. The lowest BCUT2D eigenvalue weighted by atomic mass is 9.93. The molecule has 1 atom stereocenters. The van der Waals surface area contributed by atoms with Gasteiger partial charge in [-0.1, -0.05) is 30.4 Å². The van der Waals surface area contributed by atoms with E-state index < -0.39 is 23.5 Å². The van der Waals surface area contributed by atoms with Gasteiger partial charge in [0.1, 0.15) is 5.82 Å². The van der Waals surface area contributed by atoms with Crippen molar-refractivity contribution >= 4 is 29.5 Å². The second-order valence-corrected chi connectivity index (χ2v) is 7.63. The van der Waals surface area contributed by atoms with Gasteiger partial charge in [-0.05, 0) is 60.6 Å². The van der Waals surface area contributed by atoms with Crippen molar-refractivity contribution in [3.8, 4) is 11.1 Å². The van der Waals surface area contributed by atoms with Gasteiger partial charge in [-0.2, -0.15) is 26.3 Å². The lowest BCUT2D eigenvalue weighted by Crippen LogP contribution is -2.09. The summed E-state index contributed by atoms with van der Waals surface area (Å²) in [6.45, 7) is 0. The monoisotopic (exact) mass is 490 g/mol. The number of halogens is 8. The molecule has 0 saturated heterocycles.